The Balaban J connectivity index is 1.57. The van der Waals surface area contributed by atoms with Gasteiger partial charge in [-0.25, -0.2) is 5.43 Å². The van der Waals surface area contributed by atoms with E-state index in [0.717, 1.165) is 22.0 Å². The van der Waals surface area contributed by atoms with Crippen molar-refractivity contribution in [3.63, 3.8) is 0 Å². The summed E-state index contributed by atoms with van der Waals surface area (Å²) in [5.41, 5.74) is 4.24. The zero-order valence-electron chi connectivity index (χ0n) is 12.9. The van der Waals surface area contributed by atoms with E-state index in [2.05, 4.69) is 15.8 Å². The molecule has 1 amide bonds. The summed E-state index contributed by atoms with van der Waals surface area (Å²) >= 11 is 5.89. The van der Waals surface area contributed by atoms with Gasteiger partial charge in [0, 0.05) is 16.1 Å². The minimum atomic E-state index is -0.221. The van der Waals surface area contributed by atoms with Crippen LogP contribution in [0, 0.1) is 0 Å². The maximum Gasteiger partial charge on any atom is 0.259 e. The van der Waals surface area contributed by atoms with E-state index >= 15 is 0 Å². The second kappa shape index (κ2) is 7.62. The van der Waals surface area contributed by atoms with Crippen molar-refractivity contribution in [1.82, 2.24) is 5.43 Å². The molecule has 0 aliphatic rings. The highest BCUT2D eigenvalue weighted by atomic mass is 35.5. The van der Waals surface area contributed by atoms with Crippen molar-refractivity contribution >= 4 is 40.2 Å². The number of hydrogen-bond acceptors (Lipinski definition) is 3. The second-order valence-electron chi connectivity index (χ2n) is 5.23. The van der Waals surface area contributed by atoms with E-state index in [0.29, 0.717) is 5.02 Å². The number of carbonyl (C=O) groups is 1. The largest absolute Gasteiger partial charge is 0.376 e. The summed E-state index contributed by atoms with van der Waals surface area (Å²) in [5, 5.41) is 9.91. The molecule has 0 saturated heterocycles. The van der Waals surface area contributed by atoms with E-state index in [1.165, 1.54) is 0 Å². The van der Waals surface area contributed by atoms with Gasteiger partial charge in [0.05, 0.1) is 12.8 Å². The van der Waals surface area contributed by atoms with Gasteiger partial charge in [0.15, 0.2) is 0 Å². The molecule has 24 heavy (non-hydrogen) atoms. The average Bonchev–Trinajstić information content (AvgIpc) is 2.60. The lowest BCUT2D eigenvalue weighted by Gasteiger charge is -2.08. The molecule has 0 radical (unpaired) electrons. The van der Waals surface area contributed by atoms with Crippen LogP contribution in [0.1, 0.15) is 5.56 Å². The van der Waals surface area contributed by atoms with Gasteiger partial charge in [-0.2, -0.15) is 5.10 Å². The lowest BCUT2D eigenvalue weighted by molar-refractivity contribution is -0.119. The van der Waals surface area contributed by atoms with Crippen LogP contribution in [0.4, 0.5) is 5.69 Å². The van der Waals surface area contributed by atoms with Crippen LogP contribution in [0.2, 0.25) is 5.02 Å². The summed E-state index contributed by atoms with van der Waals surface area (Å²) in [6, 6.07) is 21.2. The number of hydrazone groups is 1. The number of benzene rings is 3. The Morgan fingerprint density at radius 3 is 2.71 bits per heavy atom. The Bertz CT molecular complexity index is 887. The molecule has 0 aromatic heterocycles. The molecule has 3 aromatic rings. The number of amides is 1. The van der Waals surface area contributed by atoms with Crippen LogP contribution >= 0.6 is 11.6 Å². The molecule has 2 N–H and O–H groups in total. The number of fused-ring (bicyclic) bond motifs is 1. The van der Waals surface area contributed by atoms with Crippen LogP contribution in [-0.2, 0) is 4.79 Å². The van der Waals surface area contributed by atoms with Gasteiger partial charge in [-0.15, -0.1) is 0 Å². The van der Waals surface area contributed by atoms with Gasteiger partial charge in [-0.3, -0.25) is 4.79 Å². The number of nitrogens with zero attached hydrogens (tertiary/aromatic N) is 1. The Hall–Kier alpha value is -2.85. The third kappa shape index (κ3) is 4.12. The topological polar surface area (TPSA) is 53.5 Å². The summed E-state index contributed by atoms with van der Waals surface area (Å²) in [6.07, 6.45) is 1.56. The van der Waals surface area contributed by atoms with Crippen LogP contribution in [0.3, 0.4) is 0 Å². The number of hydrogen-bond donors (Lipinski definition) is 2. The van der Waals surface area contributed by atoms with Crippen molar-refractivity contribution in [2.45, 2.75) is 0 Å². The predicted molar refractivity (Wildman–Crippen MR) is 99.6 cm³/mol. The van der Waals surface area contributed by atoms with E-state index in [-0.39, 0.29) is 12.5 Å². The highest BCUT2D eigenvalue weighted by Crippen LogP contribution is 2.22. The van der Waals surface area contributed by atoms with Gasteiger partial charge in [-0.05, 0) is 29.1 Å². The molecular formula is C19H16ClN3O. The normalized spacial score (nSPS) is 10.9. The molecule has 4 nitrogen and oxygen atoms in total. The Morgan fingerprint density at radius 2 is 1.83 bits per heavy atom. The summed E-state index contributed by atoms with van der Waals surface area (Å²) in [5.74, 6) is -0.221. The minimum absolute atomic E-state index is 0.140. The van der Waals surface area contributed by atoms with Gasteiger partial charge in [0.2, 0.25) is 0 Å². The first-order valence-corrected chi connectivity index (χ1v) is 7.89. The molecule has 0 atom stereocenters. The van der Waals surface area contributed by atoms with Crippen molar-refractivity contribution in [1.29, 1.82) is 0 Å². The van der Waals surface area contributed by atoms with Gasteiger partial charge < -0.3 is 5.32 Å². The maximum atomic E-state index is 11.9. The summed E-state index contributed by atoms with van der Waals surface area (Å²) in [7, 11) is 0. The van der Waals surface area contributed by atoms with E-state index in [1.54, 1.807) is 18.3 Å². The molecule has 120 valence electrons. The first kappa shape index (κ1) is 16.0. The van der Waals surface area contributed by atoms with Crippen molar-refractivity contribution in [3.05, 3.63) is 77.3 Å². The monoisotopic (exact) mass is 337 g/mol. The van der Waals surface area contributed by atoms with Crippen LogP contribution in [0.25, 0.3) is 10.8 Å². The van der Waals surface area contributed by atoms with E-state index in [1.807, 2.05) is 54.6 Å². The van der Waals surface area contributed by atoms with Crippen LogP contribution in [-0.4, -0.2) is 18.7 Å². The number of rotatable bonds is 5. The molecule has 0 aliphatic heterocycles. The van der Waals surface area contributed by atoms with Gasteiger partial charge in [0.25, 0.3) is 5.91 Å². The van der Waals surface area contributed by atoms with Gasteiger partial charge >= 0.3 is 0 Å². The second-order valence-corrected chi connectivity index (χ2v) is 5.66. The van der Waals surface area contributed by atoms with E-state index in [9.17, 15) is 4.79 Å². The molecule has 5 heteroatoms. The molecule has 0 spiro atoms. The molecule has 0 unspecified atom stereocenters. The molecule has 3 rings (SSSR count). The van der Waals surface area contributed by atoms with E-state index < -0.39 is 0 Å². The Labute approximate surface area is 145 Å². The molecule has 0 saturated carbocycles. The standard InChI is InChI=1S/C19H16ClN3O/c20-16-8-3-5-14(11-16)12-22-23-19(24)13-21-18-10-4-7-15-6-1-2-9-17(15)18/h1-12,21H,13H2,(H,23,24)/b22-12+. The molecule has 0 bridgehead atoms. The van der Waals surface area contributed by atoms with Crippen molar-refractivity contribution in [3.8, 4) is 0 Å². The van der Waals surface area contributed by atoms with Crippen LogP contribution in [0.5, 0.6) is 0 Å². The van der Waals surface area contributed by atoms with E-state index in [4.69, 9.17) is 11.6 Å². The number of nitrogens with one attached hydrogen (secondary N) is 2. The lowest BCUT2D eigenvalue weighted by atomic mass is 10.1. The quantitative estimate of drug-likeness (QED) is 0.545. The SMILES string of the molecule is O=C(CNc1cccc2ccccc12)N/N=C/c1cccc(Cl)c1. The lowest BCUT2D eigenvalue weighted by Crippen LogP contribution is -2.25. The highest BCUT2D eigenvalue weighted by molar-refractivity contribution is 6.30. The molecule has 0 heterocycles. The van der Waals surface area contributed by atoms with Crippen LogP contribution < -0.4 is 10.7 Å². The molecule has 0 fully saturated rings. The van der Waals surface area contributed by atoms with Gasteiger partial charge in [0.1, 0.15) is 0 Å². The fourth-order valence-electron chi connectivity index (χ4n) is 2.36. The zero-order valence-corrected chi connectivity index (χ0v) is 13.6. The smallest absolute Gasteiger partial charge is 0.259 e. The third-order valence-corrected chi connectivity index (χ3v) is 3.72. The summed E-state index contributed by atoms with van der Waals surface area (Å²) in [4.78, 5) is 11.9. The Morgan fingerprint density at radius 1 is 1.04 bits per heavy atom. The first-order chi connectivity index (χ1) is 11.7. The molecule has 0 aliphatic carbocycles. The van der Waals surface area contributed by atoms with Gasteiger partial charge in [-0.1, -0.05) is 60.1 Å². The minimum Gasteiger partial charge on any atom is -0.376 e. The number of anilines is 1. The summed E-state index contributed by atoms with van der Waals surface area (Å²) in [6.45, 7) is 0.140. The maximum absolute atomic E-state index is 11.9. The Kier molecular flexibility index (Phi) is 5.08. The van der Waals surface area contributed by atoms with Crippen molar-refractivity contribution < 1.29 is 4.79 Å². The van der Waals surface area contributed by atoms with Crippen LogP contribution in [0.15, 0.2) is 71.8 Å². The number of halogens is 1. The van der Waals surface area contributed by atoms with Crippen molar-refractivity contribution in [2.24, 2.45) is 5.10 Å². The summed E-state index contributed by atoms with van der Waals surface area (Å²) < 4.78 is 0. The molecular weight excluding hydrogens is 322 g/mol. The third-order valence-electron chi connectivity index (χ3n) is 3.48. The fraction of sp³-hybridized carbons (Fsp3) is 0.0526. The average molecular weight is 338 g/mol. The van der Waals surface area contributed by atoms with Crippen molar-refractivity contribution in [2.75, 3.05) is 11.9 Å². The fourth-order valence-corrected chi connectivity index (χ4v) is 2.56. The zero-order chi connectivity index (χ0) is 16.8. The first-order valence-electron chi connectivity index (χ1n) is 7.51. The predicted octanol–water partition coefficient (Wildman–Crippen LogP) is 4.06. The highest BCUT2D eigenvalue weighted by Gasteiger charge is 2.03. The number of carbonyl (C=O) groups excluding carboxylic acids is 1. The molecule has 3 aromatic carbocycles.